The van der Waals surface area contributed by atoms with E-state index in [1.165, 1.54) is 0 Å². The van der Waals surface area contributed by atoms with E-state index < -0.39 is 5.54 Å². The Kier molecular flexibility index (Phi) is 3.61. The first kappa shape index (κ1) is 15.0. The number of pyridine rings is 1. The highest BCUT2D eigenvalue weighted by atomic mass is 16.2. The number of nitrogens with zero attached hydrogens (tertiary/aromatic N) is 2. The lowest BCUT2D eigenvalue weighted by Crippen LogP contribution is -2.58. The van der Waals surface area contributed by atoms with E-state index in [2.05, 4.69) is 20.5 Å². The van der Waals surface area contributed by atoms with Crippen LogP contribution in [0.2, 0.25) is 0 Å². The molecule has 2 aliphatic rings. The van der Waals surface area contributed by atoms with Crippen LogP contribution in [0, 0.1) is 0 Å². The number of piperidine rings is 1. The second kappa shape index (κ2) is 5.79. The van der Waals surface area contributed by atoms with Gasteiger partial charge in [0.15, 0.2) is 0 Å². The molecule has 1 spiro atoms. The van der Waals surface area contributed by atoms with E-state index in [4.69, 9.17) is 5.73 Å². The third-order valence-electron chi connectivity index (χ3n) is 5.01. The van der Waals surface area contributed by atoms with Crippen LogP contribution in [-0.4, -0.2) is 34.4 Å². The summed E-state index contributed by atoms with van der Waals surface area (Å²) in [6.45, 7) is 2.46. The molecule has 0 aliphatic carbocycles. The Balaban J connectivity index is 1.46. The van der Waals surface area contributed by atoms with Gasteiger partial charge in [0.2, 0.25) is 5.91 Å². The molecule has 0 saturated carbocycles. The number of rotatable bonds is 2. The van der Waals surface area contributed by atoms with Crippen LogP contribution in [0.1, 0.15) is 18.4 Å². The number of hydrogen-bond acceptors (Lipinski definition) is 5. The molecular weight excluding hydrogens is 302 g/mol. The summed E-state index contributed by atoms with van der Waals surface area (Å²) in [6, 6.07) is 11.8. The standard InChI is InChI=1S/C18H21N5O/c19-16-13(4-3-9-20-16)12-23-10-7-18(8-11-23)17(24)21-14-5-1-2-6-15(14)22-18/h1-6,9,22H,7-8,10-12H2,(H2,19,20)(H,21,24). The number of para-hydroxylation sites is 2. The molecule has 0 atom stereocenters. The number of benzene rings is 1. The third-order valence-corrected chi connectivity index (χ3v) is 5.01. The predicted octanol–water partition coefficient (Wildman–Crippen LogP) is 2.06. The molecule has 6 nitrogen and oxygen atoms in total. The predicted molar refractivity (Wildman–Crippen MR) is 94.6 cm³/mol. The van der Waals surface area contributed by atoms with Gasteiger partial charge in [0, 0.05) is 31.4 Å². The lowest BCUT2D eigenvalue weighted by Gasteiger charge is -2.44. The molecule has 1 saturated heterocycles. The molecule has 1 aromatic heterocycles. The monoisotopic (exact) mass is 323 g/mol. The van der Waals surface area contributed by atoms with Crippen LogP contribution in [0.5, 0.6) is 0 Å². The van der Waals surface area contributed by atoms with Gasteiger partial charge in [0.05, 0.1) is 11.4 Å². The molecule has 1 aromatic carbocycles. The van der Waals surface area contributed by atoms with Gasteiger partial charge in [-0.05, 0) is 31.0 Å². The number of amides is 1. The molecule has 3 heterocycles. The highest BCUT2D eigenvalue weighted by Crippen LogP contribution is 2.36. The van der Waals surface area contributed by atoms with E-state index in [1.807, 2.05) is 36.4 Å². The van der Waals surface area contributed by atoms with Crippen molar-refractivity contribution >= 4 is 23.1 Å². The van der Waals surface area contributed by atoms with Crippen molar-refractivity contribution in [2.24, 2.45) is 0 Å². The number of nitrogens with two attached hydrogens (primary N) is 1. The average molecular weight is 323 g/mol. The quantitative estimate of drug-likeness (QED) is 0.788. The van der Waals surface area contributed by atoms with Crippen LogP contribution in [0.3, 0.4) is 0 Å². The summed E-state index contributed by atoms with van der Waals surface area (Å²) >= 11 is 0. The van der Waals surface area contributed by atoms with Crippen molar-refractivity contribution in [3.63, 3.8) is 0 Å². The fourth-order valence-electron chi connectivity index (χ4n) is 3.53. The van der Waals surface area contributed by atoms with E-state index in [1.54, 1.807) is 6.20 Å². The van der Waals surface area contributed by atoms with Gasteiger partial charge in [-0.1, -0.05) is 18.2 Å². The zero-order valence-electron chi connectivity index (χ0n) is 13.5. The van der Waals surface area contributed by atoms with E-state index in [0.29, 0.717) is 5.82 Å². The first-order valence-electron chi connectivity index (χ1n) is 8.27. The van der Waals surface area contributed by atoms with Crippen LogP contribution in [0.4, 0.5) is 17.2 Å². The summed E-state index contributed by atoms with van der Waals surface area (Å²) in [5, 5.41) is 6.53. The molecule has 4 rings (SSSR count). The molecule has 0 unspecified atom stereocenters. The molecule has 2 aliphatic heterocycles. The van der Waals surface area contributed by atoms with Gasteiger partial charge in [-0.25, -0.2) is 4.98 Å². The van der Waals surface area contributed by atoms with Crippen molar-refractivity contribution in [3.8, 4) is 0 Å². The zero-order chi connectivity index (χ0) is 16.6. The summed E-state index contributed by atoms with van der Waals surface area (Å²) in [4.78, 5) is 19.1. The Morgan fingerprint density at radius 3 is 2.62 bits per heavy atom. The summed E-state index contributed by atoms with van der Waals surface area (Å²) in [7, 11) is 0. The molecule has 24 heavy (non-hydrogen) atoms. The number of fused-ring (bicyclic) bond motifs is 1. The number of carbonyl (C=O) groups is 1. The van der Waals surface area contributed by atoms with Crippen molar-refractivity contribution in [3.05, 3.63) is 48.2 Å². The topological polar surface area (TPSA) is 83.3 Å². The van der Waals surface area contributed by atoms with E-state index in [-0.39, 0.29) is 5.91 Å². The van der Waals surface area contributed by atoms with Gasteiger partial charge < -0.3 is 16.4 Å². The van der Waals surface area contributed by atoms with E-state index in [0.717, 1.165) is 49.4 Å². The Bertz CT molecular complexity index is 768. The summed E-state index contributed by atoms with van der Waals surface area (Å²) in [5.74, 6) is 0.655. The molecule has 2 aromatic rings. The molecular formula is C18H21N5O. The second-order valence-corrected chi connectivity index (χ2v) is 6.53. The van der Waals surface area contributed by atoms with Gasteiger partial charge in [0.25, 0.3) is 0 Å². The Labute approximate surface area is 141 Å². The zero-order valence-corrected chi connectivity index (χ0v) is 13.5. The van der Waals surface area contributed by atoms with E-state index in [9.17, 15) is 4.79 Å². The Morgan fingerprint density at radius 2 is 1.88 bits per heavy atom. The van der Waals surface area contributed by atoms with Gasteiger partial charge in [-0.15, -0.1) is 0 Å². The molecule has 1 amide bonds. The van der Waals surface area contributed by atoms with Crippen molar-refractivity contribution in [1.82, 2.24) is 9.88 Å². The van der Waals surface area contributed by atoms with Crippen LogP contribution in [-0.2, 0) is 11.3 Å². The Hall–Kier alpha value is -2.60. The molecule has 0 radical (unpaired) electrons. The van der Waals surface area contributed by atoms with Crippen molar-refractivity contribution < 1.29 is 4.79 Å². The highest BCUT2D eigenvalue weighted by Gasteiger charge is 2.44. The lowest BCUT2D eigenvalue weighted by atomic mass is 9.84. The molecule has 4 N–H and O–H groups in total. The number of nitrogen functional groups attached to an aromatic ring is 1. The van der Waals surface area contributed by atoms with Crippen molar-refractivity contribution in [2.75, 3.05) is 29.5 Å². The summed E-state index contributed by atoms with van der Waals surface area (Å²) in [5.41, 5.74) is 8.33. The molecule has 1 fully saturated rings. The smallest absolute Gasteiger partial charge is 0.250 e. The maximum absolute atomic E-state index is 12.6. The van der Waals surface area contributed by atoms with Gasteiger partial charge in [0.1, 0.15) is 11.4 Å². The van der Waals surface area contributed by atoms with Gasteiger partial charge >= 0.3 is 0 Å². The molecule has 6 heteroatoms. The van der Waals surface area contributed by atoms with Gasteiger partial charge in [-0.3, -0.25) is 9.69 Å². The lowest BCUT2D eigenvalue weighted by molar-refractivity contribution is -0.122. The van der Waals surface area contributed by atoms with Crippen LogP contribution in [0.25, 0.3) is 0 Å². The normalized spacial score (nSPS) is 19.4. The fraction of sp³-hybridized carbons (Fsp3) is 0.333. The highest BCUT2D eigenvalue weighted by molar-refractivity contribution is 6.06. The average Bonchev–Trinajstić information content (AvgIpc) is 2.60. The van der Waals surface area contributed by atoms with Crippen LogP contribution in [0.15, 0.2) is 42.6 Å². The fourth-order valence-corrected chi connectivity index (χ4v) is 3.53. The van der Waals surface area contributed by atoms with Crippen LogP contribution >= 0.6 is 0 Å². The second-order valence-electron chi connectivity index (χ2n) is 6.53. The number of hydrogen-bond donors (Lipinski definition) is 3. The van der Waals surface area contributed by atoms with Crippen LogP contribution < -0.4 is 16.4 Å². The minimum Gasteiger partial charge on any atom is -0.383 e. The summed E-state index contributed by atoms with van der Waals surface area (Å²) in [6.07, 6.45) is 3.25. The minimum absolute atomic E-state index is 0.0711. The number of carbonyl (C=O) groups excluding carboxylic acids is 1. The number of anilines is 3. The third kappa shape index (κ3) is 2.59. The summed E-state index contributed by atoms with van der Waals surface area (Å²) < 4.78 is 0. The van der Waals surface area contributed by atoms with E-state index >= 15 is 0 Å². The molecule has 0 bridgehead atoms. The molecule has 124 valence electrons. The maximum Gasteiger partial charge on any atom is 0.250 e. The maximum atomic E-state index is 12.6. The number of nitrogens with one attached hydrogen (secondary N) is 2. The largest absolute Gasteiger partial charge is 0.383 e. The number of likely N-dealkylation sites (tertiary alicyclic amines) is 1. The first-order valence-corrected chi connectivity index (χ1v) is 8.27. The SMILES string of the molecule is Nc1ncccc1CN1CCC2(CC1)Nc1ccccc1NC2=O. The Morgan fingerprint density at radius 1 is 1.12 bits per heavy atom. The van der Waals surface area contributed by atoms with Crippen molar-refractivity contribution in [2.45, 2.75) is 24.9 Å². The first-order chi connectivity index (χ1) is 11.7. The van der Waals surface area contributed by atoms with Gasteiger partial charge in [-0.2, -0.15) is 0 Å². The minimum atomic E-state index is -0.509. The number of aromatic nitrogens is 1. The van der Waals surface area contributed by atoms with Crippen molar-refractivity contribution in [1.29, 1.82) is 0 Å².